The summed E-state index contributed by atoms with van der Waals surface area (Å²) in [6.45, 7) is 4.21. The molecule has 0 rings (SSSR count). The lowest BCUT2D eigenvalue weighted by molar-refractivity contribution is -0.131. The second-order valence-electron chi connectivity index (χ2n) is 18.8. The van der Waals surface area contributed by atoms with Crippen molar-refractivity contribution in [3.63, 3.8) is 0 Å². The highest BCUT2D eigenvalue weighted by atomic mass is 16.3. The summed E-state index contributed by atoms with van der Waals surface area (Å²) >= 11 is 0. The zero-order chi connectivity index (χ0) is 44.4. The molecule has 5 nitrogen and oxygen atoms in total. The van der Waals surface area contributed by atoms with Crippen LogP contribution in [0.3, 0.4) is 0 Å². The van der Waals surface area contributed by atoms with Gasteiger partial charge in [-0.2, -0.15) is 0 Å². The number of allylic oxidation sites excluding steroid dienone is 5. The molecular formula is C56H107NO4. The Bertz CT molecular complexity index is 947. The third kappa shape index (κ3) is 46.4. The van der Waals surface area contributed by atoms with Crippen LogP contribution in [0, 0.1) is 0 Å². The smallest absolute Gasteiger partial charge is 0.249 e. The molecule has 0 aliphatic carbocycles. The van der Waals surface area contributed by atoms with Crippen molar-refractivity contribution < 1.29 is 20.1 Å². The maximum absolute atomic E-state index is 12.5. The highest BCUT2D eigenvalue weighted by molar-refractivity contribution is 5.80. The molecule has 0 saturated heterocycles. The van der Waals surface area contributed by atoms with Gasteiger partial charge in [-0.05, 0) is 51.4 Å². The second-order valence-corrected chi connectivity index (χ2v) is 18.8. The SMILES string of the molecule is CCCCCCCCCCC/C=C\C/C=C\CCCCCCCCCCC(O)C(=O)NC(CO)C(O)/C=C/CCCCCCCCCCCCCCCCCCCCCCC. The van der Waals surface area contributed by atoms with Gasteiger partial charge in [-0.1, -0.05) is 275 Å². The van der Waals surface area contributed by atoms with E-state index in [2.05, 4.69) is 43.5 Å². The van der Waals surface area contributed by atoms with Crippen molar-refractivity contribution in [2.45, 2.75) is 308 Å². The van der Waals surface area contributed by atoms with Gasteiger partial charge < -0.3 is 20.6 Å². The van der Waals surface area contributed by atoms with Crippen LogP contribution in [0.4, 0.5) is 0 Å². The predicted octanol–water partition coefficient (Wildman–Crippen LogP) is 16.7. The van der Waals surface area contributed by atoms with Gasteiger partial charge >= 0.3 is 0 Å². The van der Waals surface area contributed by atoms with E-state index in [1.165, 1.54) is 231 Å². The van der Waals surface area contributed by atoms with E-state index < -0.39 is 24.2 Å². The van der Waals surface area contributed by atoms with Gasteiger partial charge in [0, 0.05) is 0 Å². The lowest BCUT2D eigenvalue weighted by Gasteiger charge is -2.21. The van der Waals surface area contributed by atoms with E-state index in [0.29, 0.717) is 6.42 Å². The molecule has 5 heteroatoms. The van der Waals surface area contributed by atoms with Crippen molar-refractivity contribution in [2.24, 2.45) is 0 Å². The quantitative estimate of drug-likeness (QED) is 0.0362. The highest BCUT2D eigenvalue weighted by Crippen LogP contribution is 2.17. The number of hydrogen-bond donors (Lipinski definition) is 4. The van der Waals surface area contributed by atoms with Gasteiger partial charge in [0.25, 0.3) is 0 Å². The van der Waals surface area contributed by atoms with Crippen LogP contribution < -0.4 is 5.32 Å². The number of unbranched alkanes of at least 4 members (excludes halogenated alkanes) is 38. The molecule has 0 heterocycles. The first-order chi connectivity index (χ1) is 30.1. The molecule has 4 N–H and O–H groups in total. The molecule has 61 heavy (non-hydrogen) atoms. The minimum atomic E-state index is -1.10. The maximum atomic E-state index is 12.5. The summed E-state index contributed by atoms with van der Waals surface area (Å²) in [5.74, 6) is -0.505. The van der Waals surface area contributed by atoms with E-state index >= 15 is 0 Å². The highest BCUT2D eigenvalue weighted by Gasteiger charge is 2.22. The Balaban J connectivity index is 3.61. The number of aliphatic hydroxyl groups is 3. The molecule has 0 radical (unpaired) electrons. The average molecular weight is 858 g/mol. The summed E-state index contributed by atoms with van der Waals surface area (Å²) in [5.41, 5.74) is 0. The number of carbonyl (C=O) groups is 1. The zero-order valence-corrected chi connectivity index (χ0v) is 41.1. The Morgan fingerprint density at radius 1 is 0.410 bits per heavy atom. The standard InChI is InChI=1S/C56H107NO4/c1-3-5-7-9-11-13-15-17-19-21-23-25-27-29-31-33-35-37-39-41-43-45-47-49-51-55(60)56(61)57-53(52-58)54(59)50-48-46-44-42-40-38-36-34-32-30-28-26-24-22-20-18-16-14-12-10-8-6-4-2/h23,25,29,31,48,50,53-55,58-60H,3-22,24,26-28,30,32-47,49,51-52H2,1-2H3,(H,57,61)/b25-23-,31-29-,50-48+. The fourth-order valence-electron chi connectivity index (χ4n) is 8.45. The van der Waals surface area contributed by atoms with Gasteiger partial charge in [-0.15, -0.1) is 0 Å². The van der Waals surface area contributed by atoms with E-state index in [1.807, 2.05) is 6.08 Å². The summed E-state index contributed by atoms with van der Waals surface area (Å²) in [5, 5.41) is 33.4. The number of nitrogens with one attached hydrogen (secondary N) is 1. The Morgan fingerprint density at radius 2 is 0.705 bits per heavy atom. The minimum absolute atomic E-state index is 0.365. The van der Waals surface area contributed by atoms with Gasteiger partial charge in [0.1, 0.15) is 6.10 Å². The van der Waals surface area contributed by atoms with E-state index in [4.69, 9.17) is 0 Å². The van der Waals surface area contributed by atoms with Crippen LogP contribution in [0.5, 0.6) is 0 Å². The fraction of sp³-hybridized carbons (Fsp3) is 0.875. The first kappa shape index (κ1) is 59.6. The molecule has 0 aromatic carbocycles. The van der Waals surface area contributed by atoms with E-state index in [9.17, 15) is 20.1 Å². The molecule has 3 atom stereocenters. The van der Waals surface area contributed by atoms with Crippen LogP contribution in [-0.2, 0) is 4.79 Å². The van der Waals surface area contributed by atoms with Crippen molar-refractivity contribution in [2.75, 3.05) is 6.61 Å². The van der Waals surface area contributed by atoms with Gasteiger partial charge in [0.05, 0.1) is 18.8 Å². The summed E-state index contributed by atoms with van der Waals surface area (Å²) < 4.78 is 0. The molecule has 0 aliphatic heterocycles. The molecule has 0 spiro atoms. The van der Waals surface area contributed by atoms with Crippen molar-refractivity contribution in [1.29, 1.82) is 0 Å². The fourth-order valence-corrected chi connectivity index (χ4v) is 8.45. The Labute approximate surface area is 381 Å². The van der Waals surface area contributed by atoms with Crippen molar-refractivity contribution in [3.8, 4) is 0 Å². The number of aliphatic hydroxyl groups excluding tert-OH is 3. The molecule has 0 aromatic rings. The molecular weight excluding hydrogens is 751 g/mol. The van der Waals surface area contributed by atoms with Crippen LogP contribution in [0.15, 0.2) is 36.5 Å². The first-order valence-electron chi connectivity index (χ1n) is 27.3. The largest absolute Gasteiger partial charge is 0.394 e. The van der Waals surface area contributed by atoms with Gasteiger partial charge in [-0.3, -0.25) is 4.79 Å². The van der Waals surface area contributed by atoms with Gasteiger partial charge in [0.15, 0.2) is 0 Å². The summed E-state index contributed by atoms with van der Waals surface area (Å²) in [6, 6.07) is -0.801. The molecule has 0 saturated carbocycles. The molecule has 0 aliphatic rings. The van der Waals surface area contributed by atoms with E-state index in [1.54, 1.807) is 6.08 Å². The van der Waals surface area contributed by atoms with Gasteiger partial charge in [-0.25, -0.2) is 0 Å². The Kier molecular flexibility index (Phi) is 50.0. The van der Waals surface area contributed by atoms with Crippen LogP contribution >= 0.6 is 0 Å². The van der Waals surface area contributed by atoms with E-state index in [0.717, 1.165) is 38.5 Å². The zero-order valence-electron chi connectivity index (χ0n) is 41.1. The molecule has 0 aromatic heterocycles. The minimum Gasteiger partial charge on any atom is -0.394 e. The predicted molar refractivity (Wildman–Crippen MR) is 268 cm³/mol. The third-order valence-corrected chi connectivity index (χ3v) is 12.7. The Hall–Kier alpha value is -1.43. The number of carbonyl (C=O) groups excluding carboxylic acids is 1. The molecule has 3 unspecified atom stereocenters. The molecule has 0 bridgehead atoms. The lowest BCUT2D eigenvalue weighted by Crippen LogP contribution is -2.48. The monoisotopic (exact) mass is 858 g/mol. The van der Waals surface area contributed by atoms with E-state index in [-0.39, 0.29) is 6.61 Å². The third-order valence-electron chi connectivity index (χ3n) is 12.7. The summed E-state index contributed by atoms with van der Waals surface area (Å²) in [4.78, 5) is 12.5. The summed E-state index contributed by atoms with van der Waals surface area (Å²) in [7, 11) is 0. The number of rotatable bonds is 50. The van der Waals surface area contributed by atoms with Crippen molar-refractivity contribution in [3.05, 3.63) is 36.5 Å². The van der Waals surface area contributed by atoms with Crippen LogP contribution in [-0.4, -0.2) is 46.1 Å². The number of amides is 1. The molecule has 0 fully saturated rings. The Morgan fingerprint density at radius 3 is 1.03 bits per heavy atom. The van der Waals surface area contributed by atoms with Crippen LogP contribution in [0.1, 0.15) is 290 Å². The lowest BCUT2D eigenvalue weighted by atomic mass is 10.0. The van der Waals surface area contributed by atoms with Crippen LogP contribution in [0.2, 0.25) is 0 Å². The van der Waals surface area contributed by atoms with Crippen molar-refractivity contribution in [1.82, 2.24) is 5.32 Å². The first-order valence-corrected chi connectivity index (χ1v) is 27.3. The van der Waals surface area contributed by atoms with Crippen LogP contribution in [0.25, 0.3) is 0 Å². The summed E-state index contributed by atoms with van der Waals surface area (Å²) in [6.07, 6.45) is 66.4. The van der Waals surface area contributed by atoms with Gasteiger partial charge in [0.2, 0.25) is 5.91 Å². The average Bonchev–Trinajstić information content (AvgIpc) is 3.26. The maximum Gasteiger partial charge on any atom is 0.249 e. The second kappa shape index (κ2) is 51.2. The topological polar surface area (TPSA) is 89.8 Å². The molecule has 360 valence electrons. The molecule has 1 amide bonds. The number of hydrogen-bond acceptors (Lipinski definition) is 4. The van der Waals surface area contributed by atoms with Crippen molar-refractivity contribution >= 4 is 5.91 Å². The normalized spacial score (nSPS) is 13.6.